The zero-order valence-corrected chi connectivity index (χ0v) is 14.2. The molecule has 3 rings (SSSR count). The van der Waals surface area contributed by atoms with Gasteiger partial charge in [0.15, 0.2) is 11.6 Å². The molecule has 2 heterocycles. The minimum Gasteiger partial charge on any atom is -0.497 e. The van der Waals surface area contributed by atoms with E-state index in [9.17, 15) is 9.90 Å². The van der Waals surface area contributed by atoms with E-state index in [1.165, 1.54) is 6.20 Å². The first-order valence-corrected chi connectivity index (χ1v) is 7.65. The molecular weight excluding hydrogens is 322 g/mol. The second kappa shape index (κ2) is 6.68. The molecule has 130 valence electrons. The van der Waals surface area contributed by atoms with Crippen LogP contribution < -0.4 is 9.64 Å². The van der Waals surface area contributed by atoms with Gasteiger partial charge in [0.25, 0.3) is 0 Å². The number of aromatic nitrogens is 4. The molecule has 0 saturated carbocycles. The lowest BCUT2D eigenvalue weighted by atomic mass is 10.2. The summed E-state index contributed by atoms with van der Waals surface area (Å²) in [6.07, 6.45) is 3.32. The number of methoxy groups -OCH3 is 1. The maximum absolute atomic E-state index is 11.6. The summed E-state index contributed by atoms with van der Waals surface area (Å²) in [7, 11) is 5.16. The molecule has 0 amide bonds. The van der Waals surface area contributed by atoms with E-state index in [1.54, 1.807) is 47.7 Å². The smallest absolute Gasteiger partial charge is 0.341 e. The molecule has 0 bridgehead atoms. The van der Waals surface area contributed by atoms with Gasteiger partial charge in [-0.25, -0.2) is 4.79 Å². The first kappa shape index (κ1) is 16.6. The predicted octanol–water partition coefficient (Wildman–Crippen LogP) is 2.14. The summed E-state index contributed by atoms with van der Waals surface area (Å²) in [5.74, 6) is 0.712. The molecule has 0 aliphatic carbocycles. The lowest BCUT2D eigenvalue weighted by Gasteiger charge is -2.13. The highest BCUT2D eigenvalue weighted by Crippen LogP contribution is 2.24. The lowest BCUT2D eigenvalue weighted by Crippen LogP contribution is -2.15. The van der Waals surface area contributed by atoms with Gasteiger partial charge in [0.1, 0.15) is 11.3 Å². The van der Waals surface area contributed by atoms with Gasteiger partial charge in [-0.05, 0) is 17.7 Å². The summed E-state index contributed by atoms with van der Waals surface area (Å²) in [5.41, 5.74) is 1.12. The largest absolute Gasteiger partial charge is 0.497 e. The Morgan fingerprint density at radius 3 is 2.52 bits per heavy atom. The van der Waals surface area contributed by atoms with Crippen LogP contribution in [0.2, 0.25) is 0 Å². The van der Waals surface area contributed by atoms with E-state index < -0.39 is 5.97 Å². The van der Waals surface area contributed by atoms with Gasteiger partial charge in [-0.1, -0.05) is 12.1 Å². The quantitative estimate of drug-likeness (QED) is 0.739. The number of carbonyl (C=O) groups is 1. The zero-order valence-electron chi connectivity index (χ0n) is 14.2. The first-order chi connectivity index (χ1) is 12.0. The fraction of sp³-hybridized carbons (Fsp3) is 0.235. The maximum atomic E-state index is 11.6. The number of carboxylic acids is 1. The van der Waals surface area contributed by atoms with Crippen molar-refractivity contribution in [2.24, 2.45) is 7.05 Å². The molecule has 25 heavy (non-hydrogen) atoms. The molecular formula is C17H19N5O3. The number of aromatic carboxylic acids is 1. The van der Waals surface area contributed by atoms with Crippen molar-refractivity contribution < 1.29 is 14.6 Å². The summed E-state index contributed by atoms with van der Waals surface area (Å²) >= 11 is 0. The van der Waals surface area contributed by atoms with Gasteiger partial charge >= 0.3 is 5.97 Å². The summed E-state index contributed by atoms with van der Waals surface area (Å²) in [6.45, 7) is 0.459. The van der Waals surface area contributed by atoms with Crippen molar-refractivity contribution in [1.29, 1.82) is 0 Å². The molecule has 0 unspecified atom stereocenters. The molecule has 2 aromatic heterocycles. The van der Waals surface area contributed by atoms with E-state index in [-0.39, 0.29) is 5.56 Å². The molecule has 0 aliphatic heterocycles. The average Bonchev–Trinajstić information content (AvgIpc) is 3.21. The van der Waals surface area contributed by atoms with Crippen molar-refractivity contribution in [3.8, 4) is 5.75 Å². The number of anilines is 2. The Morgan fingerprint density at radius 1 is 1.24 bits per heavy atom. The molecule has 0 aliphatic rings. The van der Waals surface area contributed by atoms with Crippen LogP contribution in [0.25, 0.3) is 0 Å². The van der Waals surface area contributed by atoms with Crippen molar-refractivity contribution in [3.63, 3.8) is 0 Å². The van der Waals surface area contributed by atoms with Crippen LogP contribution in [0, 0.1) is 0 Å². The van der Waals surface area contributed by atoms with Crippen molar-refractivity contribution in [3.05, 3.63) is 53.9 Å². The second-order valence-electron chi connectivity index (χ2n) is 5.62. The van der Waals surface area contributed by atoms with E-state index >= 15 is 0 Å². The van der Waals surface area contributed by atoms with Crippen LogP contribution in [-0.4, -0.2) is 44.8 Å². The molecule has 8 heteroatoms. The Labute approximate surface area is 144 Å². The Kier molecular flexibility index (Phi) is 4.42. The topological polar surface area (TPSA) is 85.4 Å². The monoisotopic (exact) mass is 341 g/mol. The summed E-state index contributed by atoms with van der Waals surface area (Å²) in [6, 6.07) is 9.36. The van der Waals surface area contributed by atoms with E-state index in [4.69, 9.17) is 4.74 Å². The molecule has 0 spiro atoms. The van der Waals surface area contributed by atoms with Crippen molar-refractivity contribution in [2.45, 2.75) is 6.54 Å². The van der Waals surface area contributed by atoms with Crippen molar-refractivity contribution in [1.82, 2.24) is 19.6 Å². The molecule has 0 atom stereocenters. The van der Waals surface area contributed by atoms with E-state index in [0.29, 0.717) is 18.2 Å². The molecule has 1 N–H and O–H groups in total. The normalized spacial score (nSPS) is 10.7. The number of benzene rings is 1. The fourth-order valence-electron chi connectivity index (χ4n) is 2.50. The number of aryl methyl sites for hydroxylation is 1. The van der Waals surface area contributed by atoms with Crippen LogP contribution >= 0.6 is 0 Å². The molecule has 0 saturated heterocycles. The Hall–Kier alpha value is -3.29. The van der Waals surface area contributed by atoms with Gasteiger partial charge in [-0.15, -0.1) is 0 Å². The Balaban J connectivity index is 1.89. The lowest BCUT2D eigenvalue weighted by molar-refractivity contribution is 0.0697. The van der Waals surface area contributed by atoms with Crippen LogP contribution in [0.15, 0.2) is 42.7 Å². The van der Waals surface area contributed by atoms with E-state index in [0.717, 1.165) is 11.3 Å². The number of ether oxygens (including phenoxy) is 1. The van der Waals surface area contributed by atoms with Gasteiger partial charge < -0.3 is 14.7 Å². The highest BCUT2D eigenvalue weighted by molar-refractivity contribution is 5.94. The number of hydrogen-bond donors (Lipinski definition) is 1. The van der Waals surface area contributed by atoms with Gasteiger partial charge in [0, 0.05) is 32.6 Å². The Bertz CT molecular complexity index is 882. The third kappa shape index (κ3) is 3.47. The number of hydrogen-bond acceptors (Lipinski definition) is 5. The highest BCUT2D eigenvalue weighted by atomic mass is 16.5. The first-order valence-electron chi connectivity index (χ1n) is 7.65. The standard InChI is InChI=1S/C17H19N5O3/c1-20-9-8-15(18-20)21(2)16-14(17(23)24)11-22(19-16)10-12-4-6-13(25-3)7-5-12/h4-9,11H,10H2,1-3H3,(H,23,24). The Morgan fingerprint density at radius 2 is 1.96 bits per heavy atom. The molecule has 0 fully saturated rings. The summed E-state index contributed by atoms with van der Waals surface area (Å²) in [5, 5.41) is 18.2. The summed E-state index contributed by atoms with van der Waals surface area (Å²) < 4.78 is 8.41. The SMILES string of the molecule is COc1ccc(Cn2cc(C(=O)O)c(N(C)c3ccn(C)n3)n2)cc1. The number of carboxylic acid groups (broad SMARTS) is 1. The minimum absolute atomic E-state index is 0.127. The second-order valence-corrected chi connectivity index (χ2v) is 5.62. The van der Waals surface area contributed by atoms with E-state index in [1.807, 2.05) is 24.3 Å². The van der Waals surface area contributed by atoms with Crippen molar-refractivity contribution in [2.75, 3.05) is 19.1 Å². The fourth-order valence-corrected chi connectivity index (χ4v) is 2.50. The molecule has 3 aromatic rings. The van der Waals surface area contributed by atoms with Crippen molar-refractivity contribution >= 4 is 17.6 Å². The van der Waals surface area contributed by atoms with Gasteiger partial charge in [0.05, 0.1) is 13.7 Å². The molecule has 1 aromatic carbocycles. The van der Waals surface area contributed by atoms with E-state index in [2.05, 4.69) is 10.2 Å². The third-order valence-electron chi connectivity index (χ3n) is 3.84. The van der Waals surface area contributed by atoms with Crippen LogP contribution in [0.5, 0.6) is 5.75 Å². The highest BCUT2D eigenvalue weighted by Gasteiger charge is 2.21. The molecule has 8 nitrogen and oxygen atoms in total. The van der Waals surface area contributed by atoms with Crippen LogP contribution in [-0.2, 0) is 13.6 Å². The van der Waals surface area contributed by atoms with Crippen LogP contribution in [0.3, 0.4) is 0 Å². The third-order valence-corrected chi connectivity index (χ3v) is 3.84. The zero-order chi connectivity index (χ0) is 18.0. The van der Waals surface area contributed by atoms with Crippen LogP contribution in [0.4, 0.5) is 11.6 Å². The summed E-state index contributed by atoms with van der Waals surface area (Å²) in [4.78, 5) is 13.3. The average molecular weight is 341 g/mol. The van der Waals surface area contributed by atoms with Gasteiger partial charge in [-0.2, -0.15) is 10.2 Å². The van der Waals surface area contributed by atoms with Crippen LogP contribution in [0.1, 0.15) is 15.9 Å². The molecule has 0 radical (unpaired) electrons. The number of nitrogens with zero attached hydrogens (tertiary/aromatic N) is 5. The van der Waals surface area contributed by atoms with Gasteiger partial charge in [-0.3, -0.25) is 9.36 Å². The minimum atomic E-state index is -1.03. The predicted molar refractivity (Wildman–Crippen MR) is 92.6 cm³/mol. The van der Waals surface area contributed by atoms with Gasteiger partial charge in [0.2, 0.25) is 0 Å². The maximum Gasteiger partial charge on any atom is 0.341 e. The number of rotatable bonds is 6.